The van der Waals surface area contributed by atoms with Gasteiger partial charge >= 0.3 is 0 Å². The zero-order valence-electron chi connectivity index (χ0n) is 13.0. The van der Waals surface area contributed by atoms with Crippen molar-refractivity contribution in [1.82, 2.24) is 0 Å². The molecule has 0 saturated heterocycles. The van der Waals surface area contributed by atoms with Crippen LogP contribution in [0.15, 0.2) is 11.3 Å². The van der Waals surface area contributed by atoms with Crippen molar-refractivity contribution in [3.8, 4) is 0 Å². The van der Waals surface area contributed by atoms with Crippen molar-refractivity contribution in [2.75, 3.05) is 0 Å². The van der Waals surface area contributed by atoms with E-state index in [4.69, 9.17) is 0 Å². The minimum Gasteiger partial charge on any atom is -0.510 e. The van der Waals surface area contributed by atoms with Crippen LogP contribution >= 0.6 is 11.8 Å². The molecule has 2 atom stereocenters. The van der Waals surface area contributed by atoms with Crippen LogP contribution in [0.1, 0.15) is 66.7 Å². The van der Waals surface area contributed by atoms with Crippen LogP contribution in [0.2, 0.25) is 0 Å². The number of aliphatic hydroxyl groups excluding tert-OH is 1. The Morgan fingerprint density at radius 2 is 1.84 bits per heavy atom. The third kappa shape index (κ3) is 4.55. The van der Waals surface area contributed by atoms with Gasteiger partial charge in [0.25, 0.3) is 0 Å². The Labute approximate surface area is 122 Å². The molecule has 0 aliphatic carbocycles. The first kappa shape index (κ1) is 16.6. The van der Waals surface area contributed by atoms with Gasteiger partial charge in [0.1, 0.15) is 5.76 Å². The van der Waals surface area contributed by atoms with E-state index in [9.17, 15) is 9.90 Å². The summed E-state index contributed by atoms with van der Waals surface area (Å²) in [6.07, 6.45) is 5.78. The molecule has 0 bridgehead atoms. The average molecular weight is 284 g/mol. The highest BCUT2D eigenvalue weighted by molar-refractivity contribution is 8.15. The van der Waals surface area contributed by atoms with Crippen molar-refractivity contribution < 1.29 is 9.90 Å². The molecule has 2 unspecified atom stereocenters. The van der Waals surface area contributed by atoms with Crippen LogP contribution in [0.25, 0.3) is 0 Å². The number of aliphatic hydroxyl groups is 1. The molecule has 110 valence electrons. The molecule has 0 amide bonds. The molecular weight excluding hydrogens is 256 g/mol. The Balaban J connectivity index is 2.38. The third-order valence-electron chi connectivity index (χ3n) is 4.07. The van der Waals surface area contributed by atoms with Crippen molar-refractivity contribution >= 4 is 16.9 Å². The summed E-state index contributed by atoms with van der Waals surface area (Å²) in [6, 6.07) is 0. The Kier molecular flexibility index (Phi) is 5.97. The Hall–Kier alpha value is -0.440. The molecule has 3 heteroatoms. The molecule has 0 fully saturated rings. The lowest BCUT2D eigenvalue weighted by molar-refractivity contribution is -0.107. The smallest absolute Gasteiger partial charge is 0.219 e. The summed E-state index contributed by atoms with van der Waals surface area (Å²) in [5.41, 5.74) is 0.542. The van der Waals surface area contributed by atoms with Gasteiger partial charge in [-0.3, -0.25) is 4.79 Å². The van der Waals surface area contributed by atoms with Gasteiger partial charge in [0.15, 0.2) is 0 Å². The van der Waals surface area contributed by atoms with E-state index in [2.05, 4.69) is 20.8 Å². The largest absolute Gasteiger partial charge is 0.510 e. The second-order valence-corrected chi connectivity index (χ2v) is 8.04. The fourth-order valence-corrected chi connectivity index (χ4v) is 3.66. The average Bonchev–Trinajstić information content (AvgIpc) is 2.51. The van der Waals surface area contributed by atoms with Gasteiger partial charge in [-0.05, 0) is 38.5 Å². The van der Waals surface area contributed by atoms with Gasteiger partial charge in [-0.25, -0.2) is 0 Å². The van der Waals surface area contributed by atoms with Crippen molar-refractivity contribution in [3.05, 3.63) is 11.3 Å². The fourth-order valence-electron chi connectivity index (χ4n) is 2.53. The number of hydrogen-bond acceptors (Lipinski definition) is 3. The highest BCUT2D eigenvalue weighted by Crippen LogP contribution is 2.45. The van der Waals surface area contributed by atoms with E-state index in [0.717, 1.165) is 18.8 Å². The molecule has 0 aromatic rings. The van der Waals surface area contributed by atoms with Crippen LogP contribution in [-0.2, 0) is 4.79 Å². The fraction of sp³-hybridized carbons (Fsp3) is 0.812. The van der Waals surface area contributed by atoms with Crippen LogP contribution < -0.4 is 0 Å². The maximum Gasteiger partial charge on any atom is 0.219 e. The number of rotatable bonds is 7. The maximum atomic E-state index is 11.6. The molecule has 1 rings (SSSR count). The lowest BCUT2D eigenvalue weighted by atomic mass is 9.91. The first-order valence-corrected chi connectivity index (χ1v) is 8.21. The summed E-state index contributed by atoms with van der Waals surface area (Å²) in [7, 11) is 0. The predicted octanol–water partition coefficient (Wildman–Crippen LogP) is 5.09. The molecule has 0 aromatic carbocycles. The highest BCUT2D eigenvalue weighted by Gasteiger charge is 2.41. The topological polar surface area (TPSA) is 37.3 Å². The van der Waals surface area contributed by atoms with Crippen LogP contribution in [0.4, 0.5) is 0 Å². The van der Waals surface area contributed by atoms with Crippen molar-refractivity contribution in [2.45, 2.75) is 71.5 Å². The summed E-state index contributed by atoms with van der Waals surface area (Å²) in [4.78, 5) is 11.6. The first-order valence-electron chi connectivity index (χ1n) is 7.40. The Morgan fingerprint density at radius 1 is 1.21 bits per heavy atom. The maximum absolute atomic E-state index is 11.6. The highest BCUT2D eigenvalue weighted by atomic mass is 32.2. The van der Waals surface area contributed by atoms with E-state index in [1.165, 1.54) is 31.0 Å². The van der Waals surface area contributed by atoms with E-state index >= 15 is 0 Å². The van der Waals surface area contributed by atoms with Gasteiger partial charge in [-0.15, -0.1) is 0 Å². The quantitative estimate of drug-likeness (QED) is 0.707. The first-order chi connectivity index (χ1) is 8.76. The zero-order valence-corrected chi connectivity index (χ0v) is 13.8. The zero-order chi connectivity index (χ0) is 14.6. The molecule has 0 saturated carbocycles. The summed E-state index contributed by atoms with van der Waals surface area (Å²) in [5.74, 6) is 1.75. The van der Waals surface area contributed by atoms with Crippen molar-refractivity contribution in [3.63, 3.8) is 0 Å². The summed E-state index contributed by atoms with van der Waals surface area (Å²) in [6.45, 7) is 10.5. The molecule has 2 nitrogen and oxygen atoms in total. The molecular formula is C16H28O2S. The van der Waals surface area contributed by atoms with Crippen LogP contribution in [-0.4, -0.2) is 15.0 Å². The second kappa shape index (κ2) is 6.83. The number of hydrogen-bond donors (Lipinski definition) is 1. The lowest BCUT2D eigenvalue weighted by Crippen LogP contribution is -2.21. The molecule has 1 aliphatic rings. The predicted molar refractivity (Wildman–Crippen MR) is 83.4 cm³/mol. The van der Waals surface area contributed by atoms with Gasteiger partial charge in [-0.2, -0.15) is 0 Å². The summed E-state index contributed by atoms with van der Waals surface area (Å²) >= 11 is 1.29. The second-order valence-electron chi connectivity index (χ2n) is 6.56. The van der Waals surface area contributed by atoms with Crippen LogP contribution in [0, 0.1) is 11.8 Å². The van der Waals surface area contributed by atoms with E-state index in [1.807, 2.05) is 6.92 Å². The Bertz CT molecular complexity index is 360. The Morgan fingerprint density at radius 3 is 2.32 bits per heavy atom. The molecule has 19 heavy (non-hydrogen) atoms. The molecule has 1 heterocycles. The standard InChI is InChI=1S/C16H28O2S/c1-11(2)7-6-8-12(3)9-10-16(5)14(17)13(4)15(18)19-16/h11-12,17H,6-10H2,1-5H3. The summed E-state index contributed by atoms with van der Waals surface area (Å²) in [5, 5.41) is 10.1. The van der Waals surface area contributed by atoms with Gasteiger partial charge in [-0.1, -0.05) is 51.8 Å². The minimum atomic E-state index is -0.381. The van der Waals surface area contributed by atoms with E-state index < -0.39 is 0 Å². The SMILES string of the molecule is CC1=C(O)C(C)(CCC(C)CCCC(C)C)SC1=O. The van der Waals surface area contributed by atoms with Crippen LogP contribution in [0.5, 0.6) is 0 Å². The molecule has 0 aromatic heterocycles. The number of carbonyl (C=O) groups is 1. The van der Waals surface area contributed by atoms with Gasteiger partial charge in [0, 0.05) is 5.57 Å². The normalized spacial score (nSPS) is 25.5. The van der Waals surface area contributed by atoms with Crippen LogP contribution in [0.3, 0.4) is 0 Å². The molecule has 0 radical (unpaired) electrons. The van der Waals surface area contributed by atoms with Crippen molar-refractivity contribution in [2.24, 2.45) is 11.8 Å². The molecule has 0 spiro atoms. The van der Waals surface area contributed by atoms with E-state index in [0.29, 0.717) is 17.3 Å². The lowest BCUT2D eigenvalue weighted by Gasteiger charge is -2.24. The molecule has 1 N–H and O–H groups in total. The number of carbonyl (C=O) groups excluding carboxylic acids is 1. The minimum absolute atomic E-state index is 0.0347. The monoisotopic (exact) mass is 284 g/mol. The molecule has 1 aliphatic heterocycles. The van der Waals surface area contributed by atoms with Gasteiger partial charge < -0.3 is 5.11 Å². The van der Waals surface area contributed by atoms with Crippen molar-refractivity contribution in [1.29, 1.82) is 0 Å². The third-order valence-corrected chi connectivity index (χ3v) is 5.41. The van der Waals surface area contributed by atoms with E-state index in [1.54, 1.807) is 6.92 Å². The summed E-state index contributed by atoms with van der Waals surface area (Å²) < 4.78 is -0.381. The van der Waals surface area contributed by atoms with E-state index in [-0.39, 0.29) is 9.86 Å². The van der Waals surface area contributed by atoms with Gasteiger partial charge in [0.2, 0.25) is 5.12 Å². The van der Waals surface area contributed by atoms with Gasteiger partial charge in [0.05, 0.1) is 4.75 Å². The number of thioether (sulfide) groups is 1.